The number of hydrogen-bond acceptors (Lipinski definition) is 6. The molecule has 0 radical (unpaired) electrons. The second-order valence-electron chi connectivity index (χ2n) is 4.36. The average molecular weight is 288 g/mol. The van der Waals surface area contributed by atoms with Crippen molar-refractivity contribution in [1.29, 1.82) is 0 Å². The van der Waals surface area contributed by atoms with Crippen LogP contribution in [0.25, 0.3) is 5.65 Å². The molecule has 3 rings (SSSR count). The average Bonchev–Trinajstić information content (AvgIpc) is 3.02. The van der Waals surface area contributed by atoms with E-state index in [0.29, 0.717) is 17.8 Å². The van der Waals surface area contributed by atoms with Crippen LogP contribution < -0.4 is 5.32 Å². The molecule has 0 aliphatic heterocycles. The van der Waals surface area contributed by atoms with Crippen LogP contribution in [0.3, 0.4) is 0 Å². The van der Waals surface area contributed by atoms with E-state index in [0.717, 1.165) is 16.3 Å². The van der Waals surface area contributed by atoms with Gasteiger partial charge >= 0.3 is 0 Å². The molecule has 3 aromatic rings. The van der Waals surface area contributed by atoms with Crippen molar-refractivity contribution in [1.82, 2.24) is 29.5 Å². The maximum Gasteiger partial charge on any atom is 0.257 e. The second kappa shape index (κ2) is 4.97. The lowest BCUT2D eigenvalue weighted by Gasteiger charge is -2.02. The predicted molar refractivity (Wildman–Crippen MR) is 73.5 cm³/mol. The largest absolute Gasteiger partial charge is 0.347 e. The molecule has 0 aromatic carbocycles. The van der Waals surface area contributed by atoms with Crippen LogP contribution >= 0.6 is 11.5 Å². The van der Waals surface area contributed by atoms with Crippen molar-refractivity contribution in [2.75, 3.05) is 0 Å². The van der Waals surface area contributed by atoms with Gasteiger partial charge in [-0.3, -0.25) is 4.79 Å². The lowest BCUT2D eigenvalue weighted by molar-refractivity contribution is 0.0952. The third-order valence-electron chi connectivity index (χ3n) is 2.91. The quantitative estimate of drug-likeness (QED) is 0.781. The Bertz CT molecular complexity index is 777. The van der Waals surface area contributed by atoms with Crippen LogP contribution in [-0.2, 0) is 6.54 Å². The second-order valence-corrected chi connectivity index (χ2v) is 5.20. The van der Waals surface area contributed by atoms with Crippen molar-refractivity contribution in [3.8, 4) is 0 Å². The van der Waals surface area contributed by atoms with Crippen molar-refractivity contribution >= 4 is 23.1 Å². The summed E-state index contributed by atoms with van der Waals surface area (Å²) in [5.41, 5.74) is 2.70. The van der Waals surface area contributed by atoms with Gasteiger partial charge in [0.05, 0.1) is 23.3 Å². The number of fused-ring (bicyclic) bond motifs is 1. The highest BCUT2D eigenvalue weighted by Gasteiger charge is 2.14. The molecule has 1 N–H and O–H groups in total. The molecule has 3 heterocycles. The number of hydrogen-bond donors (Lipinski definition) is 1. The maximum atomic E-state index is 12.2. The summed E-state index contributed by atoms with van der Waals surface area (Å²) in [5.74, 6) is -0.203. The molecule has 0 saturated heterocycles. The van der Waals surface area contributed by atoms with E-state index < -0.39 is 0 Å². The zero-order valence-corrected chi connectivity index (χ0v) is 11.8. The van der Waals surface area contributed by atoms with Gasteiger partial charge < -0.3 is 5.32 Å². The van der Waals surface area contributed by atoms with Gasteiger partial charge in [0.25, 0.3) is 5.91 Å². The summed E-state index contributed by atoms with van der Waals surface area (Å²) in [6.45, 7) is 4.15. The highest BCUT2D eigenvalue weighted by molar-refractivity contribution is 7.05. The van der Waals surface area contributed by atoms with Gasteiger partial charge in [-0.15, -0.1) is 5.10 Å². The minimum Gasteiger partial charge on any atom is -0.347 e. The molecule has 0 aliphatic rings. The lowest BCUT2D eigenvalue weighted by Crippen LogP contribution is -2.22. The fourth-order valence-corrected chi connectivity index (χ4v) is 2.36. The van der Waals surface area contributed by atoms with Crippen molar-refractivity contribution < 1.29 is 4.79 Å². The molecule has 0 atom stereocenters. The maximum absolute atomic E-state index is 12.2. The van der Waals surface area contributed by atoms with Crippen LogP contribution in [-0.4, -0.2) is 30.1 Å². The number of aryl methyl sites for hydroxylation is 2. The van der Waals surface area contributed by atoms with Crippen LogP contribution in [0.2, 0.25) is 0 Å². The number of aromatic nitrogens is 5. The first-order valence-electron chi connectivity index (χ1n) is 6.02. The monoisotopic (exact) mass is 288 g/mol. The number of carbonyl (C=O) groups excluding carboxylic acids is 1. The molecule has 0 spiro atoms. The topological polar surface area (TPSA) is 85.1 Å². The normalized spacial score (nSPS) is 10.9. The van der Waals surface area contributed by atoms with Crippen molar-refractivity contribution in [3.05, 3.63) is 40.3 Å². The van der Waals surface area contributed by atoms with Crippen molar-refractivity contribution in [3.63, 3.8) is 0 Å². The molecule has 3 aromatic heterocycles. The summed E-state index contributed by atoms with van der Waals surface area (Å²) in [4.78, 5) is 17.5. The zero-order valence-electron chi connectivity index (χ0n) is 11.0. The summed E-state index contributed by atoms with van der Waals surface area (Å²) in [7, 11) is 0. The van der Waals surface area contributed by atoms with E-state index in [1.807, 2.05) is 19.9 Å². The number of nitrogens with zero attached hydrogens (tertiary/aromatic N) is 5. The Morgan fingerprint density at radius 1 is 1.45 bits per heavy atom. The molecule has 0 bridgehead atoms. The summed E-state index contributed by atoms with van der Waals surface area (Å²) in [5, 5.41) is 10.9. The third kappa shape index (κ3) is 2.25. The minimum absolute atomic E-state index is 0.203. The predicted octanol–water partition coefficient (Wildman–Crippen LogP) is 1.13. The van der Waals surface area contributed by atoms with E-state index in [-0.39, 0.29) is 5.91 Å². The molecule has 0 saturated carbocycles. The molecular weight excluding hydrogens is 276 g/mol. The minimum atomic E-state index is -0.203. The van der Waals surface area contributed by atoms with Gasteiger partial charge in [-0.25, -0.2) is 9.50 Å². The first-order chi connectivity index (χ1) is 9.65. The highest BCUT2D eigenvalue weighted by atomic mass is 32.1. The van der Waals surface area contributed by atoms with Crippen molar-refractivity contribution in [2.24, 2.45) is 0 Å². The fraction of sp³-hybridized carbons (Fsp3) is 0.250. The Hall–Kier alpha value is -2.35. The number of nitrogens with one attached hydrogen (secondary N) is 1. The Labute approximate surface area is 118 Å². The Morgan fingerprint density at radius 2 is 2.30 bits per heavy atom. The standard InChI is InChI=1S/C12H12N6OS/c1-7-3-4-18-11(15-7)9(5-14-18)12(19)13-6-10-8(2)16-17-20-10/h3-5H,6H2,1-2H3,(H,13,19). The van der Waals surface area contributed by atoms with Crippen LogP contribution in [0.15, 0.2) is 18.5 Å². The van der Waals surface area contributed by atoms with Gasteiger partial charge in [0.15, 0.2) is 5.65 Å². The summed E-state index contributed by atoms with van der Waals surface area (Å²) in [6, 6.07) is 1.84. The van der Waals surface area contributed by atoms with Gasteiger partial charge in [-0.1, -0.05) is 4.49 Å². The van der Waals surface area contributed by atoms with E-state index in [4.69, 9.17) is 0 Å². The molecule has 8 heteroatoms. The number of carbonyl (C=O) groups is 1. The van der Waals surface area contributed by atoms with E-state index in [2.05, 4.69) is 25.0 Å². The molecule has 102 valence electrons. The fourth-order valence-electron chi connectivity index (χ4n) is 1.79. The summed E-state index contributed by atoms with van der Waals surface area (Å²) >= 11 is 1.28. The van der Waals surface area contributed by atoms with Gasteiger partial charge in [0.1, 0.15) is 5.56 Å². The van der Waals surface area contributed by atoms with E-state index in [1.165, 1.54) is 17.7 Å². The van der Waals surface area contributed by atoms with Crippen molar-refractivity contribution in [2.45, 2.75) is 20.4 Å². The van der Waals surface area contributed by atoms with Gasteiger partial charge in [0.2, 0.25) is 0 Å². The first kappa shape index (κ1) is 12.7. The first-order valence-corrected chi connectivity index (χ1v) is 6.79. The molecule has 0 aliphatic carbocycles. The molecule has 1 amide bonds. The van der Waals surface area contributed by atoms with Crippen LogP contribution in [0, 0.1) is 13.8 Å². The summed E-state index contributed by atoms with van der Waals surface area (Å²) in [6.07, 6.45) is 3.31. The smallest absolute Gasteiger partial charge is 0.257 e. The zero-order chi connectivity index (χ0) is 14.1. The Balaban J connectivity index is 1.82. The Morgan fingerprint density at radius 3 is 3.05 bits per heavy atom. The molecule has 20 heavy (non-hydrogen) atoms. The van der Waals surface area contributed by atoms with Gasteiger partial charge in [-0.05, 0) is 31.4 Å². The van der Waals surface area contributed by atoms with E-state index in [1.54, 1.807) is 10.7 Å². The Kier molecular flexibility index (Phi) is 3.15. The van der Waals surface area contributed by atoms with Gasteiger partial charge in [0, 0.05) is 11.9 Å². The molecular formula is C12H12N6OS. The van der Waals surface area contributed by atoms with Crippen LogP contribution in [0.4, 0.5) is 0 Å². The third-order valence-corrected chi connectivity index (χ3v) is 3.73. The van der Waals surface area contributed by atoms with Crippen LogP contribution in [0.5, 0.6) is 0 Å². The SMILES string of the molecule is Cc1ccn2ncc(C(=O)NCc3snnc3C)c2n1. The van der Waals surface area contributed by atoms with Crippen LogP contribution in [0.1, 0.15) is 26.6 Å². The van der Waals surface area contributed by atoms with E-state index >= 15 is 0 Å². The lowest BCUT2D eigenvalue weighted by atomic mass is 10.3. The molecule has 0 unspecified atom stereocenters. The van der Waals surface area contributed by atoms with E-state index in [9.17, 15) is 4.79 Å². The molecule has 0 fully saturated rings. The summed E-state index contributed by atoms with van der Waals surface area (Å²) < 4.78 is 5.42. The number of rotatable bonds is 3. The molecule has 7 nitrogen and oxygen atoms in total. The van der Waals surface area contributed by atoms with Gasteiger partial charge in [-0.2, -0.15) is 5.10 Å². The number of amides is 1. The highest BCUT2D eigenvalue weighted by Crippen LogP contribution is 2.11.